The minimum absolute atomic E-state index is 0.0333. The number of sulfone groups is 1. The first kappa shape index (κ1) is 29.7. The Morgan fingerprint density at radius 3 is 2.10 bits per heavy atom. The molecule has 2 aromatic carbocycles. The molecule has 5 rings (SSSR count). The molecule has 1 amide bonds. The number of hydrogen-bond donors (Lipinski definition) is 2. The Kier molecular flexibility index (Phi) is 7.00. The third-order valence-electron chi connectivity index (χ3n) is 8.78. The largest absolute Gasteiger partial charge is 0.435 e. The molecule has 3 aliphatic carbocycles. The van der Waals surface area contributed by atoms with Crippen LogP contribution < -0.4 is 5.32 Å². The van der Waals surface area contributed by atoms with E-state index in [2.05, 4.69) is 5.32 Å². The topological polar surface area (TPSA) is 83.5 Å². The molecule has 0 radical (unpaired) electrons. The van der Waals surface area contributed by atoms with E-state index >= 15 is 0 Å². The van der Waals surface area contributed by atoms with Gasteiger partial charge in [0.25, 0.3) is 0 Å². The fraction of sp³-hybridized carbons (Fsp3) is 0.519. The number of nitrogens with one attached hydrogen (secondary N) is 1. The van der Waals surface area contributed by atoms with Crippen LogP contribution >= 0.6 is 0 Å². The quantitative estimate of drug-likeness (QED) is 0.351. The summed E-state index contributed by atoms with van der Waals surface area (Å²) in [4.78, 5) is 12.9. The van der Waals surface area contributed by atoms with Gasteiger partial charge in [0.15, 0.2) is 9.84 Å². The molecule has 0 aromatic heterocycles. The first-order chi connectivity index (χ1) is 18.9. The van der Waals surface area contributed by atoms with Gasteiger partial charge in [-0.2, -0.15) is 26.3 Å². The fourth-order valence-electron chi connectivity index (χ4n) is 6.71. The lowest BCUT2D eigenvalue weighted by Gasteiger charge is -2.43. The van der Waals surface area contributed by atoms with Crippen LogP contribution in [0.4, 0.5) is 35.1 Å². The van der Waals surface area contributed by atoms with Gasteiger partial charge < -0.3 is 10.4 Å². The minimum atomic E-state index is -6.35. The van der Waals surface area contributed by atoms with Gasteiger partial charge in [0.05, 0.1) is 11.0 Å². The summed E-state index contributed by atoms with van der Waals surface area (Å²) in [6.07, 6.45) is -13.1. The van der Waals surface area contributed by atoms with Gasteiger partial charge in [-0.05, 0) is 79.8 Å². The van der Waals surface area contributed by atoms with Gasteiger partial charge >= 0.3 is 18.0 Å². The average Bonchev–Trinajstić information content (AvgIpc) is 3.28. The summed E-state index contributed by atoms with van der Waals surface area (Å²) < 4.78 is 136. The number of carbonyl (C=O) groups is 1. The van der Waals surface area contributed by atoms with Crippen molar-refractivity contribution in [2.75, 3.05) is 0 Å². The smallest absolute Gasteiger partial charge is 0.393 e. The van der Waals surface area contributed by atoms with Crippen molar-refractivity contribution in [3.63, 3.8) is 0 Å². The van der Waals surface area contributed by atoms with Crippen LogP contribution in [0.5, 0.6) is 0 Å². The van der Waals surface area contributed by atoms with E-state index in [0.717, 1.165) is 30.3 Å². The molecule has 3 atom stereocenters. The van der Waals surface area contributed by atoms with Crippen LogP contribution in [-0.4, -0.2) is 43.9 Å². The van der Waals surface area contributed by atoms with Crippen molar-refractivity contribution in [1.29, 1.82) is 0 Å². The summed E-state index contributed by atoms with van der Waals surface area (Å²) >= 11 is 0. The van der Waals surface area contributed by atoms with Crippen LogP contribution in [0.3, 0.4) is 0 Å². The summed E-state index contributed by atoms with van der Waals surface area (Å²) in [6.45, 7) is 0. The molecule has 3 aliphatic rings. The van der Waals surface area contributed by atoms with Crippen molar-refractivity contribution in [2.45, 2.75) is 78.3 Å². The Hall–Kier alpha value is -2.74. The molecule has 0 aliphatic heterocycles. The number of fused-ring (bicyclic) bond motifs is 3. The van der Waals surface area contributed by atoms with E-state index in [9.17, 15) is 53.4 Å². The highest BCUT2D eigenvalue weighted by atomic mass is 32.2. The molecule has 14 heteroatoms. The lowest BCUT2D eigenvalue weighted by Crippen LogP contribution is -2.52. The zero-order chi connectivity index (χ0) is 30.2. The predicted molar refractivity (Wildman–Crippen MR) is 128 cm³/mol. The number of aryl methyl sites for hydroxylation is 1. The Balaban J connectivity index is 1.64. The van der Waals surface area contributed by atoms with Gasteiger partial charge in [0.1, 0.15) is 10.6 Å². The summed E-state index contributed by atoms with van der Waals surface area (Å²) in [5.74, 6) is -3.01. The molecule has 2 N–H and O–H groups in total. The molecular formula is C27H25F8NO4S. The maximum absolute atomic E-state index is 14.9. The molecular weight excluding hydrogens is 586 g/mol. The standard InChI is InChI=1S/C27H25F8NO4S/c28-16-3-5-19(6-4-16)41(39,40)24-10-9-20(23(38)36-17-12-18(37)13-17)22(24)7-1-14-11-15(2-8-21(14)24)25(29,26(30,31)32)27(33,34)35/h2-6,8,11,17-18,20,22,37H,1,7,9-10,12-13H2,(H,36,38)/t17-,18+,20-,22+,24-/m1/s1. The Morgan fingerprint density at radius 2 is 1.54 bits per heavy atom. The third-order valence-corrected chi connectivity index (χ3v) is 11.4. The number of rotatable bonds is 5. The molecule has 224 valence electrons. The third kappa shape index (κ3) is 4.43. The molecule has 2 aromatic rings. The van der Waals surface area contributed by atoms with E-state index in [4.69, 9.17) is 0 Å². The van der Waals surface area contributed by atoms with Gasteiger partial charge in [0.2, 0.25) is 5.91 Å². The van der Waals surface area contributed by atoms with Gasteiger partial charge in [-0.1, -0.05) is 18.2 Å². The normalized spacial score (nSPS) is 28.4. The number of hydrogen-bond acceptors (Lipinski definition) is 4. The van der Waals surface area contributed by atoms with Gasteiger partial charge in [-0.3, -0.25) is 4.79 Å². The second-order valence-corrected chi connectivity index (χ2v) is 13.2. The van der Waals surface area contributed by atoms with E-state index in [1.54, 1.807) is 0 Å². The molecule has 5 nitrogen and oxygen atoms in total. The van der Waals surface area contributed by atoms with Crippen molar-refractivity contribution < 1.29 is 53.4 Å². The summed E-state index contributed by atoms with van der Waals surface area (Å²) in [7, 11) is -4.52. The zero-order valence-corrected chi connectivity index (χ0v) is 22.0. The van der Waals surface area contributed by atoms with Gasteiger partial charge in [0, 0.05) is 17.5 Å². The highest BCUT2D eigenvalue weighted by Gasteiger charge is 2.74. The second kappa shape index (κ2) is 9.65. The Labute approximate surface area is 229 Å². The van der Waals surface area contributed by atoms with Crippen LogP contribution in [0.1, 0.15) is 48.8 Å². The van der Waals surface area contributed by atoms with E-state index in [0.29, 0.717) is 25.0 Å². The predicted octanol–water partition coefficient (Wildman–Crippen LogP) is 5.40. The summed E-state index contributed by atoms with van der Waals surface area (Å²) in [5, 5.41) is 12.3. The van der Waals surface area contributed by atoms with Crippen LogP contribution in [-0.2, 0) is 31.5 Å². The first-order valence-electron chi connectivity index (χ1n) is 12.9. The highest BCUT2D eigenvalue weighted by molar-refractivity contribution is 7.92. The molecule has 0 saturated heterocycles. The van der Waals surface area contributed by atoms with E-state index in [-0.39, 0.29) is 47.7 Å². The Bertz CT molecular complexity index is 1440. The summed E-state index contributed by atoms with van der Waals surface area (Å²) in [6, 6.07) is 4.98. The monoisotopic (exact) mass is 611 g/mol. The number of alkyl halides is 7. The molecule has 0 heterocycles. The minimum Gasteiger partial charge on any atom is -0.393 e. The first-order valence-corrected chi connectivity index (χ1v) is 14.4. The van der Waals surface area contributed by atoms with Crippen molar-refractivity contribution in [3.05, 3.63) is 65.0 Å². The number of carbonyl (C=O) groups excluding carboxylic acids is 1. The molecule has 41 heavy (non-hydrogen) atoms. The average molecular weight is 612 g/mol. The number of aliphatic hydroxyl groups excluding tert-OH is 1. The fourth-order valence-corrected chi connectivity index (χ4v) is 9.18. The molecule has 0 unspecified atom stereocenters. The second-order valence-electron chi connectivity index (χ2n) is 11.0. The zero-order valence-electron chi connectivity index (χ0n) is 21.2. The number of aliphatic hydroxyl groups is 1. The number of halogens is 8. The van der Waals surface area contributed by atoms with Crippen LogP contribution in [0.25, 0.3) is 0 Å². The van der Waals surface area contributed by atoms with E-state index in [1.807, 2.05) is 0 Å². The lowest BCUT2D eigenvalue weighted by molar-refractivity contribution is -0.348. The van der Waals surface area contributed by atoms with Crippen LogP contribution in [0.15, 0.2) is 47.4 Å². The van der Waals surface area contributed by atoms with Crippen molar-refractivity contribution in [1.82, 2.24) is 5.32 Å². The van der Waals surface area contributed by atoms with Crippen LogP contribution in [0.2, 0.25) is 0 Å². The van der Waals surface area contributed by atoms with Crippen molar-refractivity contribution in [2.24, 2.45) is 11.8 Å². The summed E-state index contributed by atoms with van der Waals surface area (Å²) in [5.41, 5.74) is -7.73. The van der Waals surface area contributed by atoms with E-state index in [1.165, 1.54) is 0 Å². The van der Waals surface area contributed by atoms with E-state index < -0.39 is 67.8 Å². The maximum Gasteiger partial charge on any atom is 0.435 e. The van der Waals surface area contributed by atoms with Gasteiger partial charge in [-0.15, -0.1) is 0 Å². The highest BCUT2D eigenvalue weighted by Crippen LogP contribution is 2.60. The molecule has 0 bridgehead atoms. The Morgan fingerprint density at radius 1 is 0.927 bits per heavy atom. The SMILES string of the molecule is O=C(N[C@H]1C[C@@H](O)C1)[C@@H]1CC[C@@]2(S(=O)(=O)c3ccc(F)cc3)c3ccc(C(F)(C(F)(F)F)C(F)(F)F)cc3CC[C@@H]12. The van der Waals surface area contributed by atoms with Crippen molar-refractivity contribution >= 4 is 15.7 Å². The van der Waals surface area contributed by atoms with Crippen molar-refractivity contribution in [3.8, 4) is 0 Å². The van der Waals surface area contributed by atoms with Crippen LogP contribution in [0, 0.1) is 17.7 Å². The van der Waals surface area contributed by atoms with Gasteiger partial charge in [-0.25, -0.2) is 17.2 Å². The maximum atomic E-state index is 14.9. The molecule has 2 fully saturated rings. The molecule has 2 saturated carbocycles. The molecule has 0 spiro atoms. The number of benzene rings is 2. The lowest BCUT2D eigenvalue weighted by atomic mass is 9.72. The number of amides is 1.